The Morgan fingerprint density at radius 3 is 2.65 bits per heavy atom. The second-order valence-corrected chi connectivity index (χ2v) is 5.04. The van der Waals surface area contributed by atoms with Crippen LogP contribution >= 0.6 is 0 Å². The van der Waals surface area contributed by atoms with E-state index in [4.69, 9.17) is 10.5 Å². The van der Waals surface area contributed by atoms with Crippen LogP contribution in [-0.2, 0) is 9.53 Å². The maximum absolute atomic E-state index is 11.8. The van der Waals surface area contributed by atoms with Crippen molar-refractivity contribution in [2.24, 2.45) is 11.7 Å². The van der Waals surface area contributed by atoms with E-state index in [0.29, 0.717) is 18.9 Å². The molecular weight excluding hydrogens is 216 g/mol. The highest BCUT2D eigenvalue weighted by molar-refractivity contribution is 5.76. The average molecular weight is 242 g/mol. The van der Waals surface area contributed by atoms with Crippen molar-refractivity contribution in [1.29, 1.82) is 0 Å². The molecule has 0 bridgehead atoms. The van der Waals surface area contributed by atoms with Gasteiger partial charge in [-0.05, 0) is 32.1 Å². The van der Waals surface area contributed by atoms with Crippen molar-refractivity contribution in [3.63, 3.8) is 0 Å². The molecule has 0 aromatic rings. The summed E-state index contributed by atoms with van der Waals surface area (Å²) in [4.78, 5) is 11.8. The van der Waals surface area contributed by atoms with Gasteiger partial charge in [0.1, 0.15) is 0 Å². The molecule has 4 heteroatoms. The van der Waals surface area contributed by atoms with E-state index in [-0.39, 0.29) is 18.1 Å². The van der Waals surface area contributed by atoms with Crippen molar-refractivity contribution < 1.29 is 9.53 Å². The Hall–Kier alpha value is -0.610. The summed E-state index contributed by atoms with van der Waals surface area (Å²) in [7, 11) is 1.67. The standard InChI is InChI=1S/C13H26N2O2/c1-10(17-2)7-8-13(16)15-12(9-14)11-5-3-4-6-11/h10-12H,3-9,14H2,1-2H3,(H,15,16). The minimum atomic E-state index is 0.108. The lowest BCUT2D eigenvalue weighted by Gasteiger charge is -2.23. The first kappa shape index (κ1) is 14.5. The van der Waals surface area contributed by atoms with Crippen LogP contribution in [0.4, 0.5) is 0 Å². The van der Waals surface area contributed by atoms with Gasteiger partial charge in [0.25, 0.3) is 0 Å². The predicted molar refractivity (Wildman–Crippen MR) is 68.6 cm³/mol. The second kappa shape index (κ2) is 7.67. The molecule has 0 spiro atoms. The summed E-state index contributed by atoms with van der Waals surface area (Å²) >= 11 is 0. The molecule has 2 unspecified atom stereocenters. The molecule has 3 N–H and O–H groups in total. The van der Waals surface area contributed by atoms with Gasteiger partial charge in [0.15, 0.2) is 0 Å². The van der Waals surface area contributed by atoms with Gasteiger partial charge in [-0.25, -0.2) is 0 Å². The molecule has 1 aliphatic rings. The molecule has 0 radical (unpaired) electrons. The third-order valence-electron chi connectivity index (χ3n) is 3.75. The number of hydrogen-bond acceptors (Lipinski definition) is 3. The van der Waals surface area contributed by atoms with Gasteiger partial charge >= 0.3 is 0 Å². The van der Waals surface area contributed by atoms with Crippen molar-refractivity contribution in [3.05, 3.63) is 0 Å². The van der Waals surface area contributed by atoms with Gasteiger partial charge in [0, 0.05) is 26.1 Å². The molecule has 1 amide bonds. The van der Waals surface area contributed by atoms with Gasteiger partial charge in [0.05, 0.1) is 6.10 Å². The highest BCUT2D eigenvalue weighted by Gasteiger charge is 2.25. The van der Waals surface area contributed by atoms with Crippen LogP contribution in [-0.4, -0.2) is 31.7 Å². The fraction of sp³-hybridized carbons (Fsp3) is 0.923. The normalized spacial score (nSPS) is 20.2. The summed E-state index contributed by atoms with van der Waals surface area (Å²) in [6, 6.07) is 0.169. The maximum Gasteiger partial charge on any atom is 0.220 e. The van der Waals surface area contributed by atoms with Crippen LogP contribution in [0.1, 0.15) is 45.4 Å². The zero-order valence-corrected chi connectivity index (χ0v) is 11.1. The summed E-state index contributed by atoms with van der Waals surface area (Å²) in [6.07, 6.45) is 6.40. The van der Waals surface area contributed by atoms with Gasteiger partial charge in [-0.2, -0.15) is 0 Å². The van der Waals surface area contributed by atoms with Gasteiger partial charge in [-0.1, -0.05) is 12.8 Å². The average Bonchev–Trinajstić information content (AvgIpc) is 2.86. The van der Waals surface area contributed by atoms with Crippen molar-refractivity contribution in [2.75, 3.05) is 13.7 Å². The van der Waals surface area contributed by atoms with Crippen LogP contribution in [0.3, 0.4) is 0 Å². The van der Waals surface area contributed by atoms with Gasteiger partial charge in [-0.3, -0.25) is 4.79 Å². The molecule has 1 fully saturated rings. The van der Waals surface area contributed by atoms with Crippen LogP contribution in [0.2, 0.25) is 0 Å². The fourth-order valence-corrected chi connectivity index (χ4v) is 2.46. The minimum absolute atomic E-state index is 0.108. The van der Waals surface area contributed by atoms with Crippen molar-refractivity contribution in [3.8, 4) is 0 Å². The van der Waals surface area contributed by atoms with Crippen molar-refractivity contribution >= 4 is 5.91 Å². The third kappa shape index (κ3) is 5.04. The Labute approximate surface area is 104 Å². The first-order chi connectivity index (χ1) is 8.17. The molecule has 100 valence electrons. The Kier molecular flexibility index (Phi) is 6.52. The lowest BCUT2D eigenvalue weighted by atomic mass is 9.98. The summed E-state index contributed by atoms with van der Waals surface area (Å²) in [6.45, 7) is 2.53. The van der Waals surface area contributed by atoms with Crippen LogP contribution < -0.4 is 11.1 Å². The molecule has 0 saturated heterocycles. The second-order valence-electron chi connectivity index (χ2n) is 5.04. The Bertz CT molecular complexity index is 227. The van der Waals surface area contributed by atoms with E-state index in [1.807, 2.05) is 6.92 Å². The van der Waals surface area contributed by atoms with Crippen LogP contribution in [0, 0.1) is 5.92 Å². The predicted octanol–water partition coefficient (Wildman–Crippen LogP) is 1.44. The molecule has 0 heterocycles. The van der Waals surface area contributed by atoms with Crippen molar-refractivity contribution in [1.82, 2.24) is 5.32 Å². The van der Waals surface area contributed by atoms with E-state index in [1.54, 1.807) is 7.11 Å². The highest BCUT2D eigenvalue weighted by Crippen LogP contribution is 2.27. The molecule has 1 rings (SSSR count). The number of amides is 1. The number of carbonyl (C=O) groups is 1. The van der Waals surface area contributed by atoms with E-state index < -0.39 is 0 Å². The van der Waals surface area contributed by atoms with E-state index in [9.17, 15) is 4.79 Å². The van der Waals surface area contributed by atoms with E-state index in [2.05, 4.69) is 5.32 Å². The molecule has 0 aromatic heterocycles. The Balaban J connectivity index is 2.27. The largest absolute Gasteiger partial charge is 0.382 e. The first-order valence-corrected chi connectivity index (χ1v) is 6.69. The van der Waals surface area contributed by atoms with Gasteiger partial charge in [-0.15, -0.1) is 0 Å². The lowest BCUT2D eigenvalue weighted by Crippen LogP contribution is -2.44. The Morgan fingerprint density at radius 1 is 1.47 bits per heavy atom. The third-order valence-corrected chi connectivity index (χ3v) is 3.75. The molecule has 17 heavy (non-hydrogen) atoms. The number of ether oxygens (including phenoxy) is 1. The van der Waals surface area contributed by atoms with E-state index in [1.165, 1.54) is 25.7 Å². The number of rotatable bonds is 7. The first-order valence-electron chi connectivity index (χ1n) is 6.69. The SMILES string of the molecule is COC(C)CCC(=O)NC(CN)C1CCCC1. The van der Waals surface area contributed by atoms with Crippen molar-refractivity contribution in [2.45, 2.75) is 57.6 Å². The highest BCUT2D eigenvalue weighted by atomic mass is 16.5. The molecule has 1 saturated carbocycles. The molecule has 1 aliphatic carbocycles. The summed E-state index contributed by atoms with van der Waals surface area (Å²) in [5.41, 5.74) is 5.74. The quantitative estimate of drug-likeness (QED) is 0.710. The summed E-state index contributed by atoms with van der Waals surface area (Å²) < 4.78 is 5.13. The number of nitrogens with two attached hydrogens (primary N) is 1. The number of carbonyl (C=O) groups excluding carboxylic acids is 1. The van der Waals surface area contributed by atoms with Crippen LogP contribution in [0.15, 0.2) is 0 Å². The number of nitrogens with one attached hydrogen (secondary N) is 1. The minimum Gasteiger partial charge on any atom is -0.382 e. The number of methoxy groups -OCH3 is 1. The van der Waals surface area contributed by atoms with E-state index in [0.717, 1.165) is 6.42 Å². The van der Waals surface area contributed by atoms with Gasteiger partial charge in [0.2, 0.25) is 5.91 Å². The zero-order valence-electron chi connectivity index (χ0n) is 11.1. The zero-order chi connectivity index (χ0) is 12.7. The van der Waals surface area contributed by atoms with Gasteiger partial charge < -0.3 is 15.8 Å². The number of hydrogen-bond donors (Lipinski definition) is 2. The molecule has 2 atom stereocenters. The molecule has 4 nitrogen and oxygen atoms in total. The lowest BCUT2D eigenvalue weighted by molar-refractivity contribution is -0.122. The fourth-order valence-electron chi connectivity index (χ4n) is 2.46. The van der Waals surface area contributed by atoms with Crippen LogP contribution in [0.25, 0.3) is 0 Å². The topological polar surface area (TPSA) is 64.3 Å². The maximum atomic E-state index is 11.8. The molecule has 0 aromatic carbocycles. The van der Waals surface area contributed by atoms with Crippen LogP contribution in [0.5, 0.6) is 0 Å². The molecular formula is C13H26N2O2. The summed E-state index contributed by atoms with van der Waals surface area (Å²) in [5, 5.41) is 3.07. The smallest absolute Gasteiger partial charge is 0.220 e. The van der Waals surface area contributed by atoms with E-state index >= 15 is 0 Å². The molecule has 0 aliphatic heterocycles. The summed E-state index contributed by atoms with van der Waals surface area (Å²) in [5.74, 6) is 0.694. The monoisotopic (exact) mass is 242 g/mol. The Morgan fingerprint density at radius 2 is 2.12 bits per heavy atom.